The molecule has 1 saturated heterocycles. The second kappa shape index (κ2) is 7.91. The van der Waals surface area contributed by atoms with Crippen molar-refractivity contribution in [3.63, 3.8) is 0 Å². The van der Waals surface area contributed by atoms with Crippen molar-refractivity contribution in [1.29, 1.82) is 0 Å². The second-order valence-electron chi connectivity index (χ2n) is 6.62. The molecule has 138 valence electrons. The van der Waals surface area contributed by atoms with Crippen LogP contribution in [0, 0.1) is 0 Å². The minimum atomic E-state index is -4.33. The Hall–Kier alpha value is -2.34. The fourth-order valence-corrected chi connectivity index (χ4v) is 3.35. The van der Waals surface area contributed by atoms with Gasteiger partial charge in [0.2, 0.25) is 5.91 Å². The number of carbonyl (C=O) groups excluding carboxylic acids is 1. The molecule has 0 saturated carbocycles. The van der Waals surface area contributed by atoms with Crippen molar-refractivity contribution in [3.05, 3.63) is 71.3 Å². The zero-order valence-corrected chi connectivity index (χ0v) is 14.4. The monoisotopic (exact) mass is 363 g/mol. The topological polar surface area (TPSA) is 24.8 Å². The molecule has 0 aromatic heterocycles. The normalized spacial score (nSPS) is 15.9. The first-order valence-corrected chi connectivity index (χ1v) is 8.74. The molecule has 1 aliphatic heterocycles. The lowest BCUT2D eigenvalue weighted by molar-refractivity contribution is -0.917. The van der Waals surface area contributed by atoms with Crippen LogP contribution in [-0.2, 0) is 23.9 Å². The Morgan fingerprint density at radius 3 is 2.23 bits per heavy atom. The fourth-order valence-electron chi connectivity index (χ4n) is 3.35. The molecule has 1 aliphatic rings. The van der Waals surface area contributed by atoms with Gasteiger partial charge < -0.3 is 9.80 Å². The molecule has 2 aromatic carbocycles. The third-order valence-corrected chi connectivity index (χ3v) is 4.78. The molecule has 0 spiro atoms. The molecule has 0 unspecified atom stereocenters. The van der Waals surface area contributed by atoms with Crippen LogP contribution in [-0.4, -0.2) is 37.0 Å². The Morgan fingerprint density at radius 1 is 0.962 bits per heavy atom. The van der Waals surface area contributed by atoms with Crippen molar-refractivity contribution in [2.45, 2.75) is 19.1 Å². The van der Waals surface area contributed by atoms with E-state index in [0.29, 0.717) is 44.7 Å². The van der Waals surface area contributed by atoms with Gasteiger partial charge in [-0.1, -0.05) is 48.5 Å². The summed E-state index contributed by atoms with van der Waals surface area (Å²) in [5, 5.41) is 0. The van der Waals surface area contributed by atoms with Crippen molar-refractivity contribution in [3.8, 4) is 0 Å². The predicted molar refractivity (Wildman–Crippen MR) is 92.6 cm³/mol. The van der Waals surface area contributed by atoms with Crippen LogP contribution < -0.4 is 4.90 Å². The lowest BCUT2D eigenvalue weighted by Gasteiger charge is -2.32. The molecule has 0 radical (unpaired) electrons. The van der Waals surface area contributed by atoms with E-state index in [0.717, 1.165) is 16.5 Å². The van der Waals surface area contributed by atoms with Gasteiger partial charge in [0.25, 0.3) is 0 Å². The minimum Gasteiger partial charge on any atom is -0.331 e. The number of amides is 1. The predicted octanol–water partition coefficient (Wildman–Crippen LogP) is 2.18. The highest BCUT2D eigenvalue weighted by Gasteiger charge is 2.34. The molecule has 1 N–H and O–H groups in total. The van der Waals surface area contributed by atoms with Crippen molar-refractivity contribution in [1.82, 2.24) is 4.90 Å². The molecule has 3 nitrogen and oxygen atoms in total. The number of piperazine rings is 1. The van der Waals surface area contributed by atoms with E-state index in [-0.39, 0.29) is 5.91 Å². The number of halogens is 3. The SMILES string of the molecule is O=C(Cc1ccccc1)N1CC[NH+](Cc2ccccc2C(F)(F)F)CC1. The van der Waals surface area contributed by atoms with Crippen LogP contribution in [0.5, 0.6) is 0 Å². The van der Waals surface area contributed by atoms with Gasteiger partial charge in [-0.3, -0.25) is 4.79 Å². The molecule has 1 heterocycles. The average Bonchev–Trinajstić information content (AvgIpc) is 2.63. The Morgan fingerprint density at radius 2 is 1.58 bits per heavy atom. The average molecular weight is 363 g/mol. The number of hydrogen-bond donors (Lipinski definition) is 1. The van der Waals surface area contributed by atoms with Crippen LogP contribution in [0.15, 0.2) is 54.6 Å². The molecule has 0 bridgehead atoms. The van der Waals surface area contributed by atoms with Crippen molar-refractivity contribution >= 4 is 5.91 Å². The largest absolute Gasteiger partial charge is 0.416 e. The number of quaternary nitrogens is 1. The van der Waals surface area contributed by atoms with Gasteiger partial charge in [0.05, 0.1) is 38.2 Å². The maximum absolute atomic E-state index is 13.1. The maximum atomic E-state index is 13.1. The molecule has 1 amide bonds. The summed E-state index contributed by atoms with van der Waals surface area (Å²) in [7, 11) is 0. The molecule has 26 heavy (non-hydrogen) atoms. The summed E-state index contributed by atoms with van der Waals surface area (Å²) in [6.07, 6.45) is -3.96. The highest BCUT2D eigenvalue weighted by atomic mass is 19.4. The number of nitrogens with zero attached hydrogens (tertiary/aromatic N) is 1. The maximum Gasteiger partial charge on any atom is 0.416 e. The summed E-state index contributed by atoms with van der Waals surface area (Å²) in [5.74, 6) is 0.0749. The van der Waals surface area contributed by atoms with Crippen molar-refractivity contribution in [2.24, 2.45) is 0 Å². The van der Waals surface area contributed by atoms with Crippen LogP contribution in [0.25, 0.3) is 0 Å². The van der Waals surface area contributed by atoms with Crippen LogP contribution in [0.3, 0.4) is 0 Å². The van der Waals surface area contributed by atoms with Gasteiger partial charge in [-0.25, -0.2) is 0 Å². The second-order valence-corrected chi connectivity index (χ2v) is 6.62. The van der Waals surface area contributed by atoms with Gasteiger partial charge in [0.15, 0.2) is 0 Å². The van der Waals surface area contributed by atoms with Gasteiger partial charge >= 0.3 is 6.18 Å². The quantitative estimate of drug-likeness (QED) is 0.885. The number of alkyl halides is 3. The smallest absolute Gasteiger partial charge is 0.331 e. The molecular weight excluding hydrogens is 341 g/mol. The van der Waals surface area contributed by atoms with Gasteiger partial charge in [-0.15, -0.1) is 0 Å². The molecular formula is C20H22F3N2O+. The molecule has 0 aliphatic carbocycles. The van der Waals surface area contributed by atoms with Crippen LogP contribution >= 0.6 is 0 Å². The van der Waals surface area contributed by atoms with Crippen LogP contribution in [0.4, 0.5) is 13.2 Å². The highest BCUT2D eigenvalue weighted by Crippen LogP contribution is 2.31. The standard InChI is InChI=1S/C20H21F3N2O/c21-20(22,23)18-9-5-4-8-17(18)15-24-10-12-25(13-11-24)19(26)14-16-6-2-1-3-7-16/h1-9H,10-15H2/p+1. The van der Waals surface area contributed by atoms with Crippen molar-refractivity contribution < 1.29 is 22.9 Å². The van der Waals surface area contributed by atoms with Gasteiger partial charge in [0.1, 0.15) is 6.54 Å². The van der Waals surface area contributed by atoms with E-state index in [4.69, 9.17) is 0 Å². The lowest BCUT2D eigenvalue weighted by Crippen LogP contribution is -3.13. The summed E-state index contributed by atoms with van der Waals surface area (Å²) in [5.41, 5.74) is 0.737. The van der Waals surface area contributed by atoms with Crippen LogP contribution in [0.1, 0.15) is 16.7 Å². The molecule has 0 atom stereocenters. The number of carbonyl (C=O) groups is 1. The third-order valence-electron chi connectivity index (χ3n) is 4.78. The van der Waals surface area contributed by atoms with Crippen LogP contribution in [0.2, 0.25) is 0 Å². The first kappa shape index (κ1) is 18.5. The van der Waals surface area contributed by atoms with E-state index in [1.54, 1.807) is 12.1 Å². The number of rotatable bonds is 4. The zero-order valence-electron chi connectivity index (χ0n) is 14.4. The summed E-state index contributed by atoms with van der Waals surface area (Å²) in [4.78, 5) is 15.3. The van der Waals surface area contributed by atoms with E-state index < -0.39 is 11.7 Å². The van der Waals surface area contributed by atoms with E-state index in [9.17, 15) is 18.0 Å². The van der Waals surface area contributed by atoms with Gasteiger partial charge in [0, 0.05) is 5.56 Å². The van der Waals surface area contributed by atoms with E-state index >= 15 is 0 Å². The first-order chi connectivity index (χ1) is 12.4. The van der Waals surface area contributed by atoms with E-state index in [1.807, 2.05) is 35.2 Å². The molecule has 2 aromatic rings. The molecule has 6 heteroatoms. The lowest BCUT2D eigenvalue weighted by atomic mass is 10.1. The summed E-state index contributed by atoms with van der Waals surface area (Å²) in [6, 6.07) is 15.3. The van der Waals surface area contributed by atoms with Gasteiger partial charge in [-0.2, -0.15) is 13.2 Å². The Labute approximate surface area is 151 Å². The molecule has 1 fully saturated rings. The first-order valence-electron chi connectivity index (χ1n) is 8.74. The summed E-state index contributed by atoms with van der Waals surface area (Å²) in [6.45, 7) is 2.81. The Balaban J connectivity index is 1.55. The van der Waals surface area contributed by atoms with Gasteiger partial charge in [-0.05, 0) is 11.6 Å². The number of nitrogens with one attached hydrogen (secondary N) is 1. The minimum absolute atomic E-state index is 0.0749. The number of hydrogen-bond acceptors (Lipinski definition) is 1. The third kappa shape index (κ3) is 4.64. The van der Waals surface area contributed by atoms with E-state index in [2.05, 4.69) is 0 Å². The zero-order chi connectivity index (χ0) is 18.6. The Bertz CT molecular complexity index is 738. The van der Waals surface area contributed by atoms with E-state index in [1.165, 1.54) is 6.07 Å². The number of benzene rings is 2. The summed E-state index contributed by atoms with van der Waals surface area (Å²) >= 11 is 0. The van der Waals surface area contributed by atoms with Crippen molar-refractivity contribution in [2.75, 3.05) is 26.2 Å². The fraction of sp³-hybridized carbons (Fsp3) is 0.350. The summed E-state index contributed by atoms with van der Waals surface area (Å²) < 4.78 is 39.3. The highest BCUT2D eigenvalue weighted by molar-refractivity contribution is 5.78. The Kier molecular flexibility index (Phi) is 5.61. The molecule has 3 rings (SSSR count).